The topological polar surface area (TPSA) is 64.3 Å². The molecule has 1 rings (SSSR count). The third-order valence-corrected chi connectivity index (χ3v) is 2.70. The fourth-order valence-electron chi connectivity index (χ4n) is 1.66. The summed E-state index contributed by atoms with van der Waals surface area (Å²) in [5.41, 5.74) is 4.04. The highest BCUT2D eigenvalue weighted by Crippen LogP contribution is 2.37. The SMILES string of the molecule is CC(C)(C)OC(=O)Nc1ccc(Cl)cc1C(F)(F)CCN. The van der Waals surface area contributed by atoms with E-state index in [1.807, 2.05) is 0 Å². The van der Waals surface area contributed by atoms with Crippen molar-refractivity contribution in [3.63, 3.8) is 0 Å². The number of amides is 1. The monoisotopic (exact) mass is 320 g/mol. The Kier molecular flexibility index (Phi) is 5.53. The van der Waals surface area contributed by atoms with Crippen molar-refractivity contribution in [2.45, 2.75) is 38.7 Å². The van der Waals surface area contributed by atoms with Crippen LogP contribution in [-0.4, -0.2) is 18.2 Å². The molecule has 0 aromatic heterocycles. The molecule has 7 heteroatoms. The summed E-state index contributed by atoms with van der Waals surface area (Å²) in [6, 6.07) is 3.84. The molecule has 0 aliphatic heterocycles. The molecule has 21 heavy (non-hydrogen) atoms. The van der Waals surface area contributed by atoms with Crippen molar-refractivity contribution in [3.05, 3.63) is 28.8 Å². The van der Waals surface area contributed by atoms with Crippen molar-refractivity contribution in [3.8, 4) is 0 Å². The molecule has 0 bridgehead atoms. The molecule has 1 aromatic carbocycles. The summed E-state index contributed by atoms with van der Waals surface area (Å²) in [5, 5.41) is 2.47. The second-order valence-electron chi connectivity index (χ2n) is 5.56. The van der Waals surface area contributed by atoms with Gasteiger partial charge < -0.3 is 10.5 Å². The summed E-state index contributed by atoms with van der Waals surface area (Å²) in [5.74, 6) is -3.19. The molecule has 0 saturated carbocycles. The molecule has 0 aliphatic carbocycles. The molecule has 0 radical (unpaired) electrons. The lowest BCUT2D eigenvalue weighted by atomic mass is 10.0. The molecule has 1 aromatic rings. The zero-order chi connectivity index (χ0) is 16.3. The standard InChI is InChI=1S/C14H19ClF2N2O2/c1-13(2,3)21-12(20)19-11-5-4-9(15)8-10(11)14(16,17)6-7-18/h4-5,8H,6-7,18H2,1-3H3,(H,19,20). The zero-order valence-electron chi connectivity index (χ0n) is 12.2. The van der Waals surface area contributed by atoms with Gasteiger partial charge in [0, 0.05) is 17.0 Å². The maximum Gasteiger partial charge on any atom is 0.412 e. The third kappa shape index (κ3) is 5.47. The van der Waals surface area contributed by atoms with Crippen molar-refractivity contribution >= 4 is 23.4 Å². The van der Waals surface area contributed by atoms with Crippen molar-refractivity contribution in [1.29, 1.82) is 0 Å². The van der Waals surface area contributed by atoms with Crippen LogP contribution in [0, 0.1) is 0 Å². The number of halogens is 3. The minimum Gasteiger partial charge on any atom is -0.444 e. The largest absolute Gasteiger partial charge is 0.444 e. The Balaban J connectivity index is 3.05. The maximum absolute atomic E-state index is 14.1. The normalized spacial score (nSPS) is 12.1. The minimum atomic E-state index is -3.19. The van der Waals surface area contributed by atoms with Gasteiger partial charge in [-0.2, -0.15) is 0 Å². The quantitative estimate of drug-likeness (QED) is 0.876. The second kappa shape index (κ2) is 6.58. The van der Waals surface area contributed by atoms with E-state index >= 15 is 0 Å². The number of rotatable bonds is 4. The van der Waals surface area contributed by atoms with Crippen LogP contribution in [-0.2, 0) is 10.7 Å². The first-order valence-corrected chi connectivity index (χ1v) is 6.81. The highest BCUT2D eigenvalue weighted by Gasteiger charge is 2.34. The molecular weight excluding hydrogens is 302 g/mol. The van der Waals surface area contributed by atoms with E-state index in [0.717, 1.165) is 6.07 Å². The molecule has 0 aliphatic rings. The van der Waals surface area contributed by atoms with Crippen molar-refractivity contribution in [2.24, 2.45) is 5.73 Å². The van der Waals surface area contributed by atoms with Gasteiger partial charge in [0.25, 0.3) is 5.92 Å². The van der Waals surface area contributed by atoms with Crippen LogP contribution in [0.25, 0.3) is 0 Å². The van der Waals surface area contributed by atoms with Gasteiger partial charge in [0.15, 0.2) is 0 Å². The number of ether oxygens (including phenoxy) is 1. The third-order valence-electron chi connectivity index (χ3n) is 2.47. The number of hydrogen-bond donors (Lipinski definition) is 2. The summed E-state index contributed by atoms with van der Waals surface area (Å²) in [6.45, 7) is 4.85. The molecule has 0 spiro atoms. The van der Waals surface area contributed by atoms with Gasteiger partial charge >= 0.3 is 6.09 Å². The number of carbonyl (C=O) groups is 1. The van der Waals surface area contributed by atoms with E-state index in [-0.39, 0.29) is 22.8 Å². The molecule has 0 fully saturated rings. The summed E-state index contributed by atoms with van der Waals surface area (Å²) in [4.78, 5) is 11.7. The number of nitrogens with two attached hydrogens (primary N) is 1. The number of alkyl halides is 2. The number of hydrogen-bond acceptors (Lipinski definition) is 3. The Morgan fingerprint density at radius 3 is 2.52 bits per heavy atom. The summed E-state index contributed by atoms with van der Waals surface area (Å²) in [6.07, 6.45) is -1.36. The summed E-state index contributed by atoms with van der Waals surface area (Å²) < 4.78 is 33.2. The van der Waals surface area contributed by atoms with E-state index in [2.05, 4.69) is 5.32 Å². The Labute approximate surface area is 127 Å². The van der Waals surface area contributed by atoms with Crippen molar-refractivity contribution in [2.75, 3.05) is 11.9 Å². The van der Waals surface area contributed by atoms with E-state index < -0.39 is 24.0 Å². The van der Waals surface area contributed by atoms with E-state index in [0.29, 0.717) is 0 Å². The Bertz CT molecular complexity index is 516. The van der Waals surface area contributed by atoms with Gasteiger partial charge in [-0.15, -0.1) is 0 Å². The van der Waals surface area contributed by atoms with Gasteiger partial charge in [0.2, 0.25) is 0 Å². The lowest BCUT2D eigenvalue weighted by Crippen LogP contribution is -2.28. The Morgan fingerprint density at radius 1 is 1.38 bits per heavy atom. The molecule has 1 amide bonds. The van der Waals surface area contributed by atoms with Gasteiger partial charge in [0.1, 0.15) is 5.60 Å². The van der Waals surface area contributed by atoms with Crippen LogP contribution >= 0.6 is 11.6 Å². The first-order chi connectivity index (χ1) is 9.55. The number of anilines is 1. The van der Waals surface area contributed by atoms with Gasteiger partial charge in [-0.1, -0.05) is 11.6 Å². The maximum atomic E-state index is 14.1. The van der Waals surface area contributed by atoms with Gasteiger partial charge in [0.05, 0.1) is 5.69 Å². The fraction of sp³-hybridized carbons (Fsp3) is 0.500. The van der Waals surface area contributed by atoms with Crippen molar-refractivity contribution < 1.29 is 18.3 Å². The average Bonchev–Trinajstić information content (AvgIpc) is 2.28. The summed E-state index contributed by atoms with van der Waals surface area (Å²) >= 11 is 5.76. The van der Waals surface area contributed by atoms with E-state index in [4.69, 9.17) is 22.1 Å². The average molecular weight is 321 g/mol. The van der Waals surface area contributed by atoms with Crippen molar-refractivity contribution in [1.82, 2.24) is 0 Å². The highest BCUT2D eigenvalue weighted by atomic mass is 35.5. The Morgan fingerprint density at radius 2 is 2.00 bits per heavy atom. The van der Waals surface area contributed by atoms with Crippen LogP contribution in [0.4, 0.5) is 19.3 Å². The lowest BCUT2D eigenvalue weighted by molar-refractivity contribution is -0.00995. The predicted molar refractivity (Wildman–Crippen MR) is 78.9 cm³/mol. The van der Waals surface area contributed by atoms with Crippen LogP contribution in [0.1, 0.15) is 32.8 Å². The first-order valence-electron chi connectivity index (χ1n) is 6.43. The van der Waals surface area contributed by atoms with Gasteiger partial charge in [-0.25, -0.2) is 13.6 Å². The highest BCUT2D eigenvalue weighted by molar-refractivity contribution is 6.30. The van der Waals surface area contributed by atoms with Crippen LogP contribution in [0.15, 0.2) is 18.2 Å². The molecular formula is C14H19ClF2N2O2. The van der Waals surface area contributed by atoms with Crippen LogP contribution in [0.2, 0.25) is 5.02 Å². The molecule has 118 valence electrons. The number of carbonyl (C=O) groups excluding carboxylic acids is 1. The summed E-state index contributed by atoms with van der Waals surface area (Å²) in [7, 11) is 0. The van der Waals surface area contributed by atoms with Crippen LogP contribution in [0.5, 0.6) is 0 Å². The predicted octanol–water partition coefficient (Wildman–Crippen LogP) is 4.13. The fourth-order valence-corrected chi connectivity index (χ4v) is 1.83. The van der Waals surface area contributed by atoms with E-state index in [1.54, 1.807) is 20.8 Å². The van der Waals surface area contributed by atoms with E-state index in [9.17, 15) is 13.6 Å². The number of nitrogens with one attached hydrogen (secondary N) is 1. The van der Waals surface area contributed by atoms with Gasteiger partial charge in [-0.3, -0.25) is 5.32 Å². The smallest absolute Gasteiger partial charge is 0.412 e. The minimum absolute atomic E-state index is 0.0490. The first kappa shape index (κ1) is 17.7. The van der Waals surface area contributed by atoms with Crippen LogP contribution < -0.4 is 11.1 Å². The Hall–Kier alpha value is -1.40. The molecule has 4 nitrogen and oxygen atoms in total. The van der Waals surface area contributed by atoms with Crippen LogP contribution in [0.3, 0.4) is 0 Å². The molecule has 3 N–H and O–H groups in total. The zero-order valence-corrected chi connectivity index (χ0v) is 12.9. The number of benzene rings is 1. The molecule has 0 unspecified atom stereocenters. The van der Waals surface area contributed by atoms with E-state index in [1.165, 1.54) is 12.1 Å². The second-order valence-corrected chi connectivity index (χ2v) is 6.00. The van der Waals surface area contributed by atoms with Gasteiger partial charge in [-0.05, 0) is 45.5 Å². The molecule has 0 saturated heterocycles. The lowest BCUT2D eigenvalue weighted by Gasteiger charge is -2.23. The molecule has 0 atom stereocenters. The molecule has 0 heterocycles.